The Bertz CT molecular complexity index is 1010. The van der Waals surface area contributed by atoms with Crippen molar-refractivity contribution in [1.82, 2.24) is 14.8 Å². The summed E-state index contributed by atoms with van der Waals surface area (Å²) in [6.07, 6.45) is 7.66. The van der Waals surface area contributed by atoms with Crippen LogP contribution in [0.1, 0.15) is 47.7 Å². The number of rotatable bonds is 5. The fourth-order valence-electron chi connectivity index (χ4n) is 3.11. The van der Waals surface area contributed by atoms with Crippen molar-refractivity contribution in [1.29, 1.82) is 0 Å². The minimum Gasteiger partial charge on any atom is -0.306 e. The van der Waals surface area contributed by atoms with Crippen molar-refractivity contribution < 1.29 is 4.79 Å². The van der Waals surface area contributed by atoms with Crippen LogP contribution in [0.3, 0.4) is 0 Å². The smallest absolute Gasteiger partial charge is 0.297 e. The highest BCUT2D eigenvalue weighted by Crippen LogP contribution is 2.39. The zero-order valence-corrected chi connectivity index (χ0v) is 15.2. The van der Waals surface area contributed by atoms with Crippen LogP contribution in [0.5, 0.6) is 0 Å². The van der Waals surface area contributed by atoms with Crippen molar-refractivity contribution in [2.24, 2.45) is 0 Å². The topological polar surface area (TPSA) is 51.0 Å². The number of aromatic nitrogens is 3. The lowest BCUT2D eigenvalue weighted by Gasteiger charge is -2.19. The van der Waals surface area contributed by atoms with Gasteiger partial charge in [-0.15, -0.1) is 11.5 Å². The van der Waals surface area contributed by atoms with Crippen molar-refractivity contribution >= 4 is 11.6 Å². The van der Waals surface area contributed by atoms with E-state index in [1.54, 1.807) is 9.58 Å². The Labute approximate surface area is 158 Å². The Balaban J connectivity index is 1.72. The molecule has 1 heterocycles. The molecule has 0 atom stereocenters. The molecule has 0 unspecified atom stereocenters. The van der Waals surface area contributed by atoms with Crippen LogP contribution in [0.15, 0.2) is 54.6 Å². The van der Waals surface area contributed by atoms with Crippen molar-refractivity contribution in [3.05, 3.63) is 71.8 Å². The fraction of sp³-hybridized carbons (Fsp3) is 0.227. The molecule has 0 radical (unpaired) electrons. The summed E-state index contributed by atoms with van der Waals surface area (Å²) in [7, 11) is 0. The number of nitrogens with zero attached hydrogens (tertiary/aromatic N) is 4. The summed E-state index contributed by atoms with van der Waals surface area (Å²) >= 11 is 0. The average molecular weight is 356 g/mol. The molecule has 0 spiro atoms. The van der Waals surface area contributed by atoms with Crippen LogP contribution < -0.4 is 4.90 Å². The van der Waals surface area contributed by atoms with E-state index in [-0.39, 0.29) is 11.7 Å². The van der Waals surface area contributed by atoms with Gasteiger partial charge in [0.1, 0.15) is 5.82 Å². The van der Waals surface area contributed by atoms with Gasteiger partial charge in [-0.1, -0.05) is 30.2 Å². The Morgan fingerprint density at radius 3 is 2.67 bits per heavy atom. The van der Waals surface area contributed by atoms with E-state index in [1.165, 1.54) is 0 Å². The standard InChI is InChI=1S/C22H20N4O/c1-3-16-9-8-12-19(15-16)25(4-2)22(27)20-23-21(17-13-14-17)26(24-20)18-10-6-5-7-11-18/h1,5-12,15,17H,4,13-14H2,2H3. The predicted octanol–water partition coefficient (Wildman–Crippen LogP) is 3.79. The molecule has 5 heteroatoms. The highest BCUT2D eigenvalue weighted by atomic mass is 16.2. The molecular weight excluding hydrogens is 336 g/mol. The first kappa shape index (κ1) is 17.0. The molecule has 1 aromatic heterocycles. The quantitative estimate of drug-likeness (QED) is 0.654. The summed E-state index contributed by atoms with van der Waals surface area (Å²) in [5.41, 5.74) is 2.41. The second kappa shape index (κ2) is 7.08. The third kappa shape index (κ3) is 3.34. The van der Waals surface area contributed by atoms with Gasteiger partial charge < -0.3 is 4.90 Å². The number of carbonyl (C=O) groups excluding carboxylic acids is 1. The molecule has 2 aromatic carbocycles. The van der Waals surface area contributed by atoms with Gasteiger partial charge in [0.15, 0.2) is 0 Å². The summed E-state index contributed by atoms with van der Waals surface area (Å²) in [6.45, 7) is 2.43. The van der Waals surface area contributed by atoms with Crippen LogP contribution in [0.25, 0.3) is 5.69 Å². The zero-order chi connectivity index (χ0) is 18.8. The number of hydrogen-bond acceptors (Lipinski definition) is 3. The van der Waals surface area contributed by atoms with E-state index >= 15 is 0 Å². The molecule has 1 amide bonds. The summed E-state index contributed by atoms with van der Waals surface area (Å²) in [6, 6.07) is 17.2. The molecule has 5 nitrogen and oxygen atoms in total. The third-order valence-electron chi connectivity index (χ3n) is 4.65. The number of terminal acetylenes is 1. The monoisotopic (exact) mass is 356 g/mol. The van der Waals surface area contributed by atoms with Gasteiger partial charge >= 0.3 is 0 Å². The lowest BCUT2D eigenvalue weighted by Crippen LogP contribution is -2.31. The SMILES string of the molecule is C#Cc1cccc(N(CC)C(=O)c2nc(C3CC3)n(-c3ccccc3)n2)c1. The normalized spacial score (nSPS) is 13.2. The number of carbonyl (C=O) groups is 1. The van der Waals surface area contributed by atoms with Gasteiger partial charge in [0.25, 0.3) is 5.91 Å². The molecule has 0 saturated heterocycles. The Morgan fingerprint density at radius 1 is 1.22 bits per heavy atom. The largest absolute Gasteiger partial charge is 0.306 e. The number of amides is 1. The Hall–Kier alpha value is -3.39. The zero-order valence-electron chi connectivity index (χ0n) is 15.2. The first-order valence-corrected chi connectivity index (χ1v) is 9.12. The van der Waals surface area contributed by atoms with Crippen molar-refractivity contribution in [2.45, 2.75) is 25.7 Å². The van der Waals surface area contributed by atoms with E-state index in [0.717, 1.165) is 35.6 Å². The molecule has 134 valence electrons. The van der Waals surface area contributed by atoms with E-state index in [4.69, 9.17) is 6.42 Å². The molecule has 1 aliphatic carbocycles. The average Bonchev–Trinajstić information content (AvgIpc) is 3.47. The second-order valence-corrected chi connectivity index (χ2v) is 6.56. The number of anilines is 1. The van der Waals surface area contributed by atoms with Crippen molar-refractivity contribution in [3.8, 4) is 18.0 Å². The first-order valence-electron chi connectivity index (χ1n) is 9.12. The molecule has 4 rings (SSSR count). The summed E-state index contributed by atoms with van der Waals surface area (Å²) in [5.74, 6) is 3.84. The lowest BCUT2D eigenvalue weighted by molar-refractivity contribution is 0.0978. The fourth-order valence-corrected chi connectivity index (χ4v) is 3.11. The van der Waals surface area contributed by atoms with E-state index in [1.807, 2.05) is 61.5 Å². The van der Waals surface area contributed by atoms with Crippen molar-refractivity contribution in [2.75, 3.05) is 11.4 Å². The first-order chi connectivity index (χ1) is 13.2. The minimum atomic E-state index is -0.219. The van der Waals surface area contributed by atoms with Crippen LogP contribution in [-0.4, -0.2) is 27.2 Å². The van der Waals surface area contributed by atoms with Gasteiger partial charge in [-0.05, 0) is 50.1 Å². The summed E-state index contributed by atoms with van der Waals surface area (Å²) in [4.78, 5) is 19.4. The Kier molecular flexibility index (Phi) is 4.47. The van der Waals surface area contributed by atoms with Gasteiger partial charge in [-0.25, -0.2) is 9.67 Å². The maximum atomic E-state index is 13.2. The van der Waals surface area contributed by atoms with E-state index in [0.29, 0.717) is 12.5 Å². The molecule has 0 bridgehead atoms. The van der Waals surface area contributed by atoms with Gasteiger partial charge in [0.05, 0.1) is 5.69 Å². The van der Waals surface area contributed by atoms with Crippen LogP contribution >= 0.6 is 0 Å². The van der Waals surface area contributed by atoms with E-state index in [9.17, 15) is 4.79 Å². The van der Waals surface area contributed by atoms with Crippen LogP contribution in [0, 0.1) is 12.3 Å². The van der Waals surface area contributed by atoms with Crippen LogP contribution in [0.4, 0.5) is 5.69 Å². The molecule has 0 N–H and O–H groups in total. The van der Waals surface area contributed by atoms with Gasteiger partial charge in [0, 0.05) is 23.7 Å². The number of hydrogen-bond donors (Lipinski definition) is 0. The highest BCUT2D eigenvalue weighted by Gasteiger charge is 2.32. The maximum Gasteiger partial charge on any atom is 0.297 e. The minimum absolute atomic E-state index is 0.216. The molecule has 27 heavy (non-hydrogen) atoms. The lowest BCUT2D eigenvalue weighted by atomic mass is 10.2. The summed E-state index contributed by atoms with van der Waals surface area (Å²) in [5, 5.41) is 4.55. The predicted molar refractivity (Wildman–Crippen MR) is 105 cm³/mol. The molecular formula is C22H20N4O. The molecule has 1 aliphatic rings. The Morgan fingerprint density at radius 2 is 2.00 bits per heavy atom. The van der Waals surface area contributed by atoms with Gasteiger partial charge in [-0.3, -0.25) is 4.79 Å². The molecule has 1 fully saturated rings. The maximum absolute atomic E-state index is 13.2. The number of para-hydroxylation sites is 1. The van der Waals surface area contributed by atoms with Crippen molar-refractivity contribution in [3.63, 3.8) is 0 Å². The van der Waals surface area contributed by atoms with Crippen LogP contribution in [-0.2, 0) is 0 Å². The van der Waals surface area contributed by atoms with E-state index < -0.39 is 0 Å². The number of benzene rings is 2. The molecule has 1 saturated carbocycles. The van der Waals surface area contributed by atoms with Gasteiger partial charge in [0.2, 0.25) is 5.82 Å². The van der Waals surface area contributed by atoms with E-state index in [2.05, 4.69) is 16.0 Å². The van der Waals surface area contributed by atoms with Crippen LogP contribution in [0.2, 0.25) is 0 Å². The molecule has 3 aromatic rings. The molecule has 0 aliphatic heterocycles. The summed E-state index contributed by atoms with van der Waals surface area (Å²) < 4.78 is 1.80. The third-order valence-corrected chi connectivity index (χ3v) is 4.65. The highest BCUT2D eigenvalue weighted by molar-refractivity contribution is 6.03. The second-order valence-electron chi connectivity index (χ2n) is 6.56. The van der Waals surface area contributed by atoms with Gasteiger partial charge in [-0.2, -0.15) is 0 Å².